The van der Waals surface area contributed by atoms with Gasteiger partial charge in [0.25, 0.3) is 0 Å². The maximum Gasteiger partial charge on any atom is 0.234 e. The van der Waals surface area contributed by atoms with Crippen LogP contribution in [0.5, 0.6) is 0 Å². The smallest absolute Gasteiger partial charge is 0.234 e. The number of benzene rings is 2. The molecule has 1 heterocycles. The first kappa shape index (κ1) is 19.0. The summed E-state index contributed by atoms with van der Waals surface area (Å²) in [7, 11) is 0. The first-order valence-corrected chi connectivity index (χ1v) is 9.19. The first-order chi connectivity index (χ1) is 13.1. The van der Waals surface area contributed by atoms with Crippen LogP contribution in [0.3, 0.4) is 0 Å². The van der Waals surface area contributed by atoms with Crippen molar-refractivity contribution in [2.45, 2.75) is 19.4 Å². The van der Waals surface area contributed by atoms with Gasteiger partial charge in [-0.2, -0.15) is 0 Å². The molecule has 27 heavy (non-hydrogen) atoms. The predicted molar refractivity (Wildman–Crippen MR) is 102 cm³/mol. The number of para-hydroxylation sites is 1. The number of nitrogens with zero attached hydrogens (tertiary/aromatic N) is 1. The van der Waals surface area contributed by atoms with Crippen LogP contribution in [0.25, 0.3) is 0 Å². The van der Waals surface area contributed by atoms with E-state index in [1.54, 1.807) is 12.1 Å². The van der Waals surface area contributed by atoms with Gasteiger partial charge >= 0.3 is 0 Å². The van der Waals surface area contributed by atoms with Crippen LogP contribution < -0.4 is 10.6 Å². The molecule has 1 saturated heterocycles. The van der Waals surface area contributed by atoms with E-state index >= 15 is 0 Å². The second-order valence-corrected chi connectivity index (χ2v) is 6.83. The van der Waals surface area contributed by atoms with Gasteiger partial charge in [-0.3, -0.25) is 14.5 Å². The fourth-order valence-corrected chi connectivity index (χ4v) is 3.24. The molecule has 2 N–H and O–H groups in total. The zero-order valence-electron chi connectivity index (χ0n) is 15.2. The van der Waals surface area contributed by atoms with Crippen molar-refractivity contribution in [3.05, 3.63) is 66.0 Å². The van der Waals surface area contributed by atoms with Gasteiger partial charge in [0.2, 0.25) is 11.8 Å². The summed E-state index contributed by atoms with van der Waals surface area (Å²) in [5.41, 5.74) is 1.64. The fraction of sp³-hybridized carbons (Fsp3) is 0.333. The Morgan fingerprint density at radius 1 is 1.07 bits per heavy atom. The van der Waals surface area contributed by atoms with Crippen molar-refractivity contribution < 1.29 is 14.0 Å². The zero-order chi connectivity index (χ0) is 19.1. The third-order valence-electron chi connectivity index (χ3n) is 4.69. The van der Waals surface area contributed by atoms with Crippen LogP contribution in [0.2, 0.25) is 0 Å². The number of anilines is 1. The van der Waals surface area contributed by atoms with Crippen molar-refractivity contribution in [3.63, 3.8) is 0 Å². The monoisotopic (exact) mass is 369 g/mol. The van der Waals surface area contributed by atoms with E-state index in [4.69, 9.17) is 0 Å². The van der Waals surface area contributed by atoms with Gasteiger partial charge in [-0.05, 0) is 49.2 Å². The van der Waals surface area contributed by atoms with Crippen LogP contribution in [0, 0.1) is 11.7 Å². The third-order valence-corrected chi connectivity index (χ3v) is 4.69. The second kappa shape index (κ2) is 9.28. The Labute approximate surface area is 158 Å². The van der Waals surface area contributed by atoms with E-state index in [1.165, 1.54) is 12.1 Å². The number of nitrogens with one attached hydrogen (secondary N) is 2. The highest BCUT2D eigenvalue weighted by Crippen LogP contribution is 2.18. The molecule has 0 spiro atoms. The van der Waals surface area contributed by atoms with Crippen LogP contribution in [0.4, 0.5) is 10.1 Å². The van der Waals surface area contributed by atoms with Crippen molar-refractivity contribution in [2.24, 2.45) is 5.92 Å². The molecule has 6 heteroatoms. The predicted octanol–water partition coefficient (Wildman–Crippen LogP) is 2.79. The zero-order valence-corrected chi connectivity index (χ0v) is 15.2. The molecule has 1 aliphatic rings. The molecule has 1 fully saturated rings. The molecule has 0 aromatic heterocycles. The van der Waals surface area contributed by atoms with Crippen LogP contribution in [0.1, 0.15) is 18.4 Å². The van der Waals surface area contributed by atoms with E-state index < -0.39 is 0 Å². The number of rotatable bonds is 6. The minimum absolute atomic E-state index is 0.00220. The van der Waals surface area contributed by atoms with Crippen LogP contribution in [-0.2, 0) is 16.1 Å². The Morgan fingerprint density at radius 2 is 1.81 bits per heavy atom. The summed E-state index contributed by atoms with van der Waals surface area (Å²) in [6.07, 6.45) is 1.71. The quantitative estimate of drug-likeness (QED) is 0.823. The van der Waals surface area contributed by atoms with Crippen LogP contribution in [-0.4, -0.2) is 36.3 Å². The van der Waals surface area contributed by atoms with Gasteiger partial charge < -0.3 is 10.6 Å². The number of hydrogen-bond donors (Lipinski definition) is 2. The highest BCUT2D eigenvalue weighted by atomic mass is 19.1. The van der Waals surface area contributed by atoms with Crippen molar-refractivity contribution in [1.82, 2.24) is 10.2 Å². The number of halogens is 1. The molecule has 1 unspecified atom stereocenters. The van der Waals surface area contributed by atoms with Crippen molar-refractivity contribution >= 4 is 17.5 Å². The average Bonchev–Trinajstić information content (AvgIpc) is 2.68. The highest BCUT2D eigenvalue weighted by molar-refractivity contribution is 5.92. The van der Waals surface area contributed by atoms with E-state index in [9.17, 15) is 14.0 Å². The largest absolute Gasteiger partial charge is 0.351 e. The molecular formula is C21H24FN3O2. The molecule has 0 radical (unpaired) electrons. The summed E-state index contributed by atoms with van der Waals surface area (Å²) in [4.78, 5) is 26.7. The minimum atomic E-state index is -0.293. The summed E-state index contributed by atoms with van der Waals surface area (Å²) < 4.78 is 12.9. The standard InChI is InChI=1S/C21H24FN3O2/c22-18-10-8-16(9-11-18)13-23-20(26)15-25-12-4-5-17(14-25)21(27)24-19-6-2-1-3-7-19/h1-3,6-11,17H,4-5,12-15H2,(H,23,26)(H,24,27). The molecular weight excluding hydrogens is 345 g/mol. The van der Waals surface area contributed by atoms with Crippen LogP contribution >= 0.6 is 0 Å². The van der Waals surface area contributed by atoms with Gasteiger partial charge in [0.05, 0.1) is 12.5 Å². The summed E-state index contributed by atoms with van der Waals surface area (Å²) in [6.45, 7) is 2.00. The average molecular weight is 369 g/mol. The number of amides is 2. The Morgan fingerprint density at radius 3 is 2.56 bits per heavy atom. The number of likely N-dealkylation sites (tertiary alicyclic amines) is 1. The van der Waals surface area contributed by atoms with Crippen molar-refractivity contribution in [3.8, 4) is 0 Å². The molecule has 3 rings (SSSR count). The number of hydrogen-bond acceptors (Lipinski definition) is 3. The lowest BCUT2D eigenvalue weighted by Gasteiger charge is -2.31. The Hall–Kier alpha value is -2.73. The summed E-state index contributed by atoms with van der Waals surface area (Å²) in [6, 6.07) is 15.5. The highest BCUT2D eigenvalue weighted by Gasteiger charge is 2.26. The SMILES string of the molecule is O=C(CN1CCCC(C(=O)Nc2ccccc2)C1)NCc1ccc(F)cc1. The molecule has 2 amide bonds. The topological polar surface area (TPSA) is 61.4 Å². The second-order valence-electron chi connectivity index (χ2n) is 6.83. The molecule has 1 atom stereocenters. The maximum absolute atomic E-state index is 12.9. The lowest BCUT2D eigenvalue weighted by atomic mass is 9.97. The van der Waals surface area contributed by atoms with Gasteiger partial charge in [0.1, 0.15) is 5.82 Å². The molecule has 1 aliphatic heterocycles. The van der Waals surface area contributed by atoms with Gasteiger partial charge in [-0.1, -0.05) is 30.3 Å². The van der Waals surface area contributed by atoms with E-state index in [0.29, 0.717) is 13.1 Å². The van der Waals surface area contributed by atoms with E-state index in [1.807, 2.05) is 35.2 Å². The van der Waals surface area contributed by atoms with Crippen molar-refractivity contribution in [2.75, 3.05) is 25.0 Å². The van der Waals surface area contributed by atoms with E-state index in [0.717, 1.165) is 30.6 Å². The molecule has 5 nitrogen and oxygen atoms in total. The maximum atomic E-state index is 12.9. The minimum Gasteiger partial charge on any atom is -0.351 e. The molecule has 0 bridgehead atoms. The van der Waals surface area contributed by atoms with Gasteiger partial charge in [-0.15, -0.1) is 0 Å². The molecule has 142 valence electrons. The molecule has 0 aliphatic carbocycles. The summed E-state index contributed by atoms with van der Waals surface area (Å²) in [5, 5.41) is 5.79. The summed E-state index contributed by atoms with van der Waals surface area (Å²) in [5.74, 6) is -0.511. The first-order valence-electron chi connectivity index (χ1n) is 9.19. The Bertz CT molecular complexity index is 765. The van der Waals surface area contributed by atoms with E-state index in [-0.39, 0.29) is 30.1 Å². The molecule has 2 aromatic rings. The lowest BCUT2D eigenvalue weighted by Crippen LogP contribution is -2.45. The lowest BCUT2D eigenvalue weighted by molar-refractivity contribution is -0.125. The number of piperidine rings is 1. The Balaban J connectivity index is 1.45. The van der Waals surface area contributed by atoms with E-state index in [2.05, 4.69) is 10.6 Å². The number of carbonyl (C=O) groups excluding carboxylic acids is 2. The summed E-state index contributed by atoms with van der Waals surface area (Å²) >= 11 is 0. The normalized spacial score (nSPS) is 17.3. The van der Waals surface area contributed by atoms with Gasteiger partial charge in [-0.25, -0.2) is 4.39 Å². The van der Waals surface area contributed by atoms with Gasteiger partial charge in [0.15, 0.2) is 0 Å². The molecule has 0 saturated carbocycles. The Kier molecular flexibility index (Phi) is 6.54. The molecule has 2 aromatic carbocycles. The van der Waals surface area contributed by atoms with Gasteiger partial charge in [0, 0.05) is 18.8 Å². The third kappa shape index (κ3) is 5.89. The number of carbonyl (C=O) groups is 2. The van der Waals surface area contributed by atoms with Crippen LogP contribution in [0.15, 0.2) is 54.6 Å². The fourth-order valence-electron chi connectivity index (χ4n) is 3.24. The van der Waals surface area contributed by atoms with Crippen molar-refractivity contribution in [1.29, 1.82) is 0 Å².